The van der Waals surface area contributed by atoms with Crippen molar-refractivity contribution < 1.29 is 13.9 Å². The second-order valence-corrected chi connectivity index (χ2v) is 7.95. The van der Waals surface area contributed by atoms with Crippen LogP contribution in [-0.4, -0.2) is 22.6 Å². The lowest BCUT2D eigenvalue weighted by molar-refractivity contribution is 0.0996. The Morgan fingerprint density at radius 1 is 1.12 bits per heavy atom. The predicted molar refractivity (Wildman–Crippen MR) is 131 cm³/mol. The standard InChI is InChI=1S/C26H22N4O4/c1-15-19-12-20-21(13-22(19)34-25(32)23(15)24(27)31)30(14-16-6-4-3-5-7-16)26(29-20)28-17-8-10-18(33-2)11-9-17/h3-13H,14H2,1-2H3,(H2,27,31)(H,28,29). The maximum Gasteiger partial charge on any atom is 0.349 e. The molecule has 2 heterocycles. The number of hydrogen-bond donors (Lipinski definition) is 2. The van der Waals surface area contributed by atoms with Crippen molar-refractivity contribution in [1.82, 2.24) is 9.55 Å². The number of imidazole rings is 1. The van der Waals surface area contributed by atoms with Crippen LogP contribution < -0.4 is 21.4 Å². The van der Waals surface area contributed by atoms with Crippen LogP contribution in [0.1, 0.15) is 21.5 Å². The fourth-order valence-corrected chi connectivity index (χ4v) is 4.08. The summed E-state index contributed by atoms with van der Waals surface area (Å²) in [5, 5.41) is 3.99. The van der Waals surface area contributed by atoms with E-state index in [1.165, 1.54) is 0 Å². The lowest BCUT2D eigenvalue weighted by atomic mass is 10.1. The summed E-state index contributed by atoms with van der Waals surface area (Å²) in [7, 11) is 1.62. The van der Waals surface area contributed by atoms with E-state index in [1.54, 1.807) is 20.1 Å². The number of carbonyl (C=O) groups excluding carboxylic acids is 1. The minimum atomic E-state index is -0.815. The molecule has 170 valence electrons. The van der Waals surface area contributed by atoms with E-state index >= 15 is 0 Å². The van der Waals surface area contributed by atoms with Crippen LogP contribution in [0.3, 0.4) is 0 Å². The molecule has 0 saturated carbocycles. The molecule has 0 aliphatic heterocycles. The van der Waals surface area contributed by atoms with Crippen molar-refractivity contribution >= 4 is 39.5 Å². The molecule has 0 aliphatic carbocycles. The Morgan fingerprint density at radius 2 is 1.85 bits per heavy atom. The Hall–Kier alpha value is -4.59. The van der Waals surface area contributed by atoms with Gasteiger partial charge in [-0.15, -0.1) is 0 Å². The van der Waals surface area contributed by atoms with Crippen molar-refractivity contribution in [3.63, 3.8) is 0 Å². The smallest absolute Gasteiger partial charge is 0.349 e. The van der Waals surface area contributed by atoms with Gasteiger partial charge in [0.1, 0.15) is 16.9 Å². The van der Waals surface area contributed by atoms with Gasteiger partial charge in [-0.3, -0.25) is 4.79 Å². The number of nitrogens with two attached hydrogens (primary N) is 1. The number of rotatable bonds is 6. The first-order chi connectivity index (χ1) is 16.4. The van der Waals surface area contributed by atoms with E-state index in [2.05, 4.69) is 5.32 Å². The Balaban J connectivity index is 1.70. The number of anilines is 2. The molecule has 8 heteroatoms. The highest BCUT2D eigenvalue weighted by atomic mass is 16.5. The number of nitrogens with one attached hydrogen (secondary N) is 1. The molecule has 3 aromatic carbocycles. The van der Waals surface area contributed by atoms with E-state index in [1.807, 2.05) is 65.2 Å². The summed E-state index contributed by atoms with van der Waals surface area (Å²) in [4.78, 5) is 29.0. The molecular formula is C26H22N4O4. The Labute approximate surface area is 194 Å². The molecule has 5 aromatic rings. The minimum absolute atomic E-state index is 0.146. The number of hydrogen-bond acceptors (Lipinski definition) is 6. The molecule has 0 fully saturated rings. The van der Waals surface area contributed by atoms with Crippen LogP contribution in [0.15, 0.2) is 75.9 Å². The summed E-state index contributed by atoms with van der Waals surface area (Å²) >= 11 is 0. The molecule has 0 aliphatic rings. The first-order valence-electron chi connectivity index (χ1n) is 10.7. The van der Waals surface area contributed by atoms with Gasteiger partial charge in [0.25, 0.3) is 5.91 Å². The van der Waals surface area contributed by atoms with Crippen molar-refractivity contribution in [2.75, 3.05) is 12.4 Å². The number of primary amides is 1. The molecule has 5 rings (SSSR count). The van der Waals surface area contributed by atoms with Crippen LogP contribution in [0.5, 0.6) is 5.75 Å². The van der Waals surface area contributed by atoms with Gasteiger partial charge in [-0.2, -0.15) is 0 Å². The zero-order valence-corrected chi connectivity index (χ0v) is 18.7. The number of nitrogens with zero attached hydrogens (tertiary/aromatic N) is 2. The number of aromatic nitrogens is 2. The van der Waals surface area contributed by atoms with Gasteiger partial charge in [-0.1, -0.05) is 30.3 Å². The highest BCUT2D eigenvalue weighted by molar-refractivity contribution is 6.01. The predicted octanol–water partition coefficient (Wildman–Crippen LogP) is 4.35. The van der Waals surface area contributed by atoms with Gasteiger partial charge in [-0.05, 0) is 48.4 Å². The van der Waals surface area contributed by atoms with Gasteiger partial charge in [-0.25, -0.2) is 9.78 Å². The van der Waals surface area contributed by atoms with E-state index < -0.39 is 11.5 Å². The summed E-state index contributed by atoms with van der Waals surface area (Å²) in [5.41, 5.74) is 8.74. The van der Waals surface area contributed by atoms with E-state index in [9.17, 15) is 9.59 Å². The van der Waals surface area contributed by atoms with E-state index in [-0.39, 0.29) is 5.56 Å². The molecule has 0 radical (unpaired) electrons. The molecule has 0 saturated heterocycles. The summed E-state index contributed by atoms with van der Waals surface area (Å²) < 4.78 is 12.7. The summed E-state index contributed by atoms with van der Waals surface area (Å²) in [6, 6.07) is 21.1. The van der Waals surface area contributed by atoms with Gasteiger partial charge < -0.3 is 24.8 Å². The van der Waals surface area contributed by atoms with Crippen molar-refractivity contribution in [3.05, 3.63) is 93.8 Å². The average molecular weight is 454 g/mol. The molecule has 0 atom stereocenters. The van der Waals surface area contributed by atoms with Crippen LogP contribution in [0.25, 0.3) is 22.0 Å². The summed E-state index contributed by atoms with van der Waals surface area (Å²) in [6.45, 7) is 2.23. The molecule has 3 N–H and O–H groups in total. The van der Waals surface area contributed by atoms with Crippen LogP contribution in [0, 0.1) is 6.92 Å². The molecular weight excluding hydrogens is 432 g/mol. The minimum Gasteiger partial charge on any atom is -0.497 e. The van der Waals surface area contributed by atoms with Crippen LogP contribution >= 0.6 is 0 Å². The molecule has 0 bridgehead atoms. The number of ether oxygens (including phenoxy) is 1. The molecule has 8 nitrogen and oxygen atoms in total. The monoisotopic (exact) mass is 454 g/mol. The highest BCUT2D eigenvalue weighted by Crippen LogP contribution is 2.30. The quantitative estimate of drug-likeness (QED) is 0.369. The first-order valence-corrected chi connectivity index (χ1v) is 10.7. The summed E-state index contributed by atoms with van der Waals surface area (Å²) in [5.74, 6) is 0.560. The lowest BCUT2D eigenvalue weighted by Crippen LogP contribution is -2.22. The number of benzene rings is 3. The number of amides is 1. The molecule has 0 spiro atoms. The second-order valence-electron chi connectivity index (χ2n) is 7.95. The second kappa shape index (κ2) is 8.40. The highest BCUT2D eigenvalue weighted by Gasteiger charge is 2.19. The Morgan fingerprint density at radius 3 is 2.53 bits per heavy atom. The number of methoxy groups -OCH3 is 1. The topological polar surface area (TPSA) is 112 Å². The first kappa shape index (κ1) is 21.3. The SMILES string of the molecule is COc1ccc(Nc2nc3cc4c(C)c(C(N)=O)c(=O)oc4cc3n2Cc2ccccc2)cc1. The largest absolute Gasteiger partial charge is 0.497 e. The Kier molecular flexibility index (Phi) is 5.25. The van der Waals surface area contributed by atoms with E-state index in [0.717, 1.165) is 22.5 Å². The fourth-order valence-electron chi connectivity index (χ4n) is 4.08. The third-order valence-electron chi connectivity index (χ3n) is 5.81. The van der Waals surface area contributed by atoms with Gasteiger partial charge in [0, 0.05) is 17.1 Å². The lowest BCUT2D eigenvalue weighted by Gasteiger charge is -2.12. The van der Waals surface area contributed by atoms with Crippen molar-refractivity contribution in [2.24, 2.45) is 5.73 Å². The van der Waals surface area contributed by atoms with Crippen LogP contribution in [0.2, 0.25) is 0 Å². The number of aryl methyl sites for hydroxylation is 1. The van der Waals surface area contributed by atoms with Gasteiger partial charge in [0.15, 0.2) is 0 Å². The van der Waals surface area contributed by atoms with Gasteiger partial charge in [0.05, 0.1) is 24.7 Å². The van der Waals surface area contributed by atoms with Crippen LogP contribution in [0.4, 0.5) is 11.6 Å². The third-order valence-corrected chi connectivity index (χ3v) is 5.81. The van der Waals surface area contributed by atoms with Gasteiger partial charge >= 0.3 is 5.63 Å². The van der Waals surface area contributed by atoms with Crippen LogP contribution in [-0.2, 0) is 6.54 Å². The molecule has 0 unspecified atom stereocenters. The average Bonchev–Trinajstić information content (AvgIpc) is 3.14. The fraction of sp³-hybridized carbons (Fsp3) is 0.115. The van der Waals surface area contributed by atoms with Gasteiger partial charge in [0.2, 0.25) is 5.95 Å². The number of fused-ring (bicyclic) bond motifs is 2. The van der Waals surface area contributed by atoms with Crippen molar-refractivity contribution in [3.8, 4) is 5.75 Å². The van der Waals surface area contributed by atoms with E-state index in [0.29, 0.717) is 34.5 Å². The molecule has 2 aromatic heterocycles. The maximum absolute atomic E-state index is 12.4. The molecule has 34 heavy (non-hydrogen) atoms. The zero-order valence-electron chi connectivity index (χ0n) is 18.7. The summed E-state index contributed by atoms with van der Waals surface area (Å²) in [6.07, 6.45) is 0. The Bertz CT molecular complexity index is 1590. The third kappa shape index (κ3) is 3.75. The van der Waals surface area contributed by atoms with Crippen molar-refractivity contribution in [1.29, 1.82) is 0 Å². The number of carbonyl (C=O) groups is 1. The molecule has 1 amide bonds. The normalized spacial score (nSPS) is 11.1. The van der Waals surface area contributed by atoms with Crippen molar-refractivity contribution in [2.45, 2.75) is 13.5 Å². The maximum atomic E-state index is 12.4. The zero-order chi connectivity index (χ0) is 23.8. The van der Waals surface area contributed by atoms with E-state index in [4.69, 9.17) is 19.9 Å².